The summed E-state index contributed by atoms with van der Waals surface area (Å²) >= 11 is 6.95. The predicted octanol–water partition coefficient (Wildman–Crippen LogP) is 4.65. The van der Waals surface area contributed by atoms with Crippen LogP contribution in [-0.2, 0) is 6.42 Å². The molecule has 0 aliphatic carbocycles. The zero-order valence-electron chi connectivity index (χ0n) is 11.0. The molecule has 1 unspecified atom stereocenters. The van der Waals surface area contributed by atoms with Gasteiger partial charge in [-0.1, -0.05) is 40.7 Å². The number of nitrogens with two attached hydrogens (primary N) is 1. The molecule has 1 aromatic heterocycles. The van der Waals surface area contributed by atoms with Gasteiger partial charge in [0.15, 0.2) is 4.34 Å². The summed E-state index contributed by atoms with van der Waals surface area (Å²) in [6, 6.07) is 6.61. The van der Waals surface area contributed by atoms with Gasteiger partial charge in [0.05, 0.1) is 0 Å². The van der Waals surface area contributed by atoms with Gasteiger partial charge >= 0.3 is 0 Å². The summed E-state index contributed by atoms with van der Waals surface area (Å²) in [4.78, 5) is 5.75. The molecular formula is C14H17BrN2S2. The van der Waals surface area contributed by atoms with E-state index in [0.29, 0.717) is 0 Å². The first kappa shape index (κ1) is 15.0. The first-order chi connectivity index (χ1) is 9.08. The van der Waals surface area contributed by atoms with Crippen LogP contribution in [0.15, 0.2) is 37.3 Å². The third-order valence-electron chi connectivity index (χ3n) is 2.83. The molecule has 0 radical (unpaired) electrons. The van der Waals surface area contributed by atoms with Crippen molar-refractivity contribution in [2.75, 3.05) is 0 Å². The second-order valence-electron chi connectivity index (χ2n) is 4.48. The van der Waals surface area contributed by atoms with Crippen molar-refractivity contribution < 1.29 is 0 Å². The molecule has 2 aromatic rings. The van der Waals surface area contributed by atoms with E-state index >= 15 is 0 Å². The van der Waals surface area contributed by atoms with Crippen molar-refractivity contribution in [3.8, 4) is 0 Å². The molecule has 1 heterocycles. The fourth-order valence-electron chi connectivity index (χ4n) is 1.69. The molecule has 1 aromatic carbocycles. The smallest absolute Gasteiger partial charge is 0.154 e. The molecule has 102 valence electrons. The minimum Gasteiger partial charge on any atom is -0.327 e. The van der Waals surface area contributed by atoms with Gasteiger partial charge in [-0.25, -0.2) is 4.98 Å². The van der Waals surface area contributed by atoms with Crippen LogP contribution < -0.4 is 5.73 Å². The highest BCUT2D eigenvalue weighted by molar-refractivity contribution is 9.10. The maximum absolute atomic E-state index is 6.08. The van der Waals surface area contributed by atoms with Gasteiger partial charge in [0.2, 0.25) is 0 Å². The fraction of sp³-hybridized carbons (Fsp3) is 0.357. The van der Waals surface area contributed by atoms with Gasteiger partial charge in [0, 0.05) is 26.5 Å². The Bertz CT molecular complexity index is 554. The molecule has 2 nitrogen and oxygen atoms in total. The Kier molecular flexibility index (Phi) is 5.45. The molecule has 0 spiro atoms. The molecule has 2 rings (SSSR count). The molecule has 0 aliphatic heterocycles. The second-order valence-corrected chi connectivity index (χ2v) is 7.54. The molecule has 19 heavy (non-hydrogen) atoms. The van der Waals surface area contributed by atoms with Crippen molar-refractivity contribution >= 4 is 39.0 Å². The third-order valence-corrected chi connectivity index (χ3v) is 5.48. The summed E-state index contributed by atoms with van der Waals surface area (Å²) in [6.07, 6.45) is 1.91. The lowest BCUT2D eigenvalue weighted by Gasteiger charge is -2.12. The molecule has 0 saturated carbocycles. The zero-order chi connectivity index (χ0) is 13.8. The number of hydrogen-bond acceptors (Lipinski definition) is 4. The molecule has 0 amide bonds. The summed E-state index contributed by atoms with van der Waals surface area (Å²) in [5, 5.41) is 2.08. The van der Waals surface area contributed by atoms with E-state index in [2.05, 4.69) is 51.4 Å². The minimum atomic E-state index is 0.221. The van der Waals surface area contributed by atoms with Crippen LogP contribution in [0.2, 0.25) is 0 Å². The van der Waals surface area contributed by atoms with Crippen LogP contribution in [0.25, 0.3) is 0 Å². The van der Waals surface area contributed by atoms with Gasteiger partial charge in [-0.2, -0.15) is 0 Å². The topological polar surface area (TPSA) is 38.9 Å². The first-order valence-electron chi connectivity index (χ1n) is 6.22. The van der Waals surface area contributed by atoms with Crippen molar-refractivity contribution in [1.82, 2.24) is 4.98 Å². The van der Waals surface area contributed by atoms with E-state index < -0.39 is 0 Å². The average molecular weight is 357 g/mol. The molecule has 2 N–H and O–H groups in total. The lowest BCUT2D eigenvalue weighted by atomic mass is 10.1. The lowest BCUT2D eigenvalue weighted by molar-refractivity contribution is 0.641. The quantitative estimate of drug-likeness (QED) is 0.847. The van der Waals surface area contributed by atoms with Crippen molar-refractivity contribution in [2.45, 2.75) is 42.0 Å². The number of aromatic nitrogens is 1. The SMILES string of the molecule is CCC(N)Cc1ccc(Br)cc1Sc1nc(C)cs1. The standard InChI is InChI=1S/C14H17BrN2S2/c1-3-12(16)6-10-4-5-11(15)7-13(10)19-14-17-9(2)8-18-14/h4-5,7-8,12H,3,6,16H2,1-2H3. The minimum absolute atomic E-state index is 0.221. The van der Waals surface area contributed by atoms with Crippen molar-refractivity contribution in [3.05, 3.63) is 39.3 Å². The van der Waals surface area contributed by atoms with Crippen molar-refractivity contribution in [1.29, 1.82) is 0 Å². The van der Waals surface area contributed by atoms with E-state index in [1.54, 1.807) is 23.1 Å². The number of nitrogens with zero attached hydrogens (tertiary/aromatic N) is 1. The third kappa shape index (κ3) is 4.31. The van der Waals surface area contributed by atoms with E-state index in [1.807, 2.05) is 6.92 Å². The summed E-state index contributed by atoms with van der Waals surface area (Å²) in [5.74, 6) is 0. The highest BCUT2D eigenvalue weighted by Gasteiger charge is 2.10. The van der Waals surface area contributed by atoms with Gasteiger partial charge in [0.25, 0.3) is 0 Å². The number of rotatable bonds is 5. The van der Waals surface area contributed by atoms with Gasteiger partial charge in [0.1, 0.15) is 0 Å². The van der Waals surface area contributed by atoms with Crippen molar-refractivity contribution in [2.24, 2.45) is 5.73 Å². The highest BCUT2D eigenvalue weighted by atomic mass is 79.9. The summed E-state index contributed by atoms with van der Waals surface area (Å²) in [7, 11) is 0. The molecule has 0 aliphatic rings. The van der Waals surface area contributed by atoms with E-state index in [0.717, 1.165) is 27.3 Å². The Morgan fingerprint density at radius 1 is 1.47 bits per heavy atom. The second kappa shape index (κ2) is 6.88. The van der Waals surface area contributed by atoms with E-state index in [1.165, 1.54) is 10.5 Å². The zero-order valence-corrected chi connectivity index (χ0v) is 14.2. The van der Waals surface area contributed by atoms with Crippen LogP contribution in [0.1, 0.15) is 24.6 Å². The molecular weight excluding hydrogens is 340 g/mol. The molecule has 5 heteroatoms. The monoisotopic (exact) mass is 356 g/mol. The first-order valence-corrected chi connectivity index (χ1v) is 8.71. The van der Waals surface area contributed by atoms with Crippen LogP contribution in [0.5, 0.6) is 0 Å². The van der Waals surface area contributed by atoms with Gasteiger partial charge in [-0.15, -0.1) is 11.3 Å². The summed E-state index contributed by atoms with van der Waals surface area (Å²) in [6.45, 7) is 4.15. The van der Waals surface area contributed by atoms with Crippen LogP contribution in [0, 0.1) is 6.92 Å². The number of aryl methyl sites for hydroxylation is 1. The Morgan fingerprint density at radius 2 is 2.26 bits per heavy atom. The maximum Gasteiger partial charge on any atom is 0.154 e. The normalized spacial score (nSPS) is 12.6. The molecule has 0 saturated heterocycles. The van der Waals surface area contributed by atoms with E-state index in [4.69, 9.17) is 5.73 Å². The van der Waals surface area contributed by atoms with Crippen LogP contribution in [-0.4, -0.2) is 11.0 Å². The molecule has 1 atom stereocenters. The van der Waals surface area contributed by atoms with Gasteiger partial charge in [-0.3, -0.25) is 0 Å². The van der Waals surface area contributed by atoms with Crippen LogP contribution >= 0.6 is 39.0 Å². The maximum atomic E-state index is 6.08. The summed E-state index contributed by atoms with van der Waals surface area (Å²) in [5.41, 5.74) is 8.45. The molecule has 0 bridgehead atoms. The Morgan fingerprint density at radius 3 is 2.89 bits per heavy atom. The number of benzene rings is 1. The van der Waals surface area contributed by atoms with Gasteiger partial charge in [-0.05, 0) is 37.5 Å². The summed E-state index contributed by atoms with van der Waals surface area (Å²) < 4.78 is 2.18. The highest BCUT2D eigenvalue weighted by Crippen LogP contribution is 2.34. The molecule has 0 fully saturated rings. The Hall–Kier alpha value is -0.360. The van der Waals surface area contributed by atoms with Crippen molar-refractivity contribution in [3.63, 3.8) is 0 Å². The van der Waals surface area contributed by atoms with E-state index in [-0.39, 0.29) is 6.04 Å². The van der Waals surface area contributed by atoms with Gasteiger partial charge < -0.3 is 5.73 Å². The number of halogens is 1. The largest absolute Gasteiger partial charge is 0.327 e. The predicted molar refractivity (Wildman–Crippen MR) is 87.1 cm³/mol. The lowest BCUT2D eigenvalue weighted by Crippen LogP contribution is -2.21. The number of hydrogen-bond donors (Lipinski definition) is 1. The van der Waals surface area contributed by atoms with Crippen LogP contribution in [0.4, 0.5) is 0 Å². The fourth-order valence-corrected chi connectivity index (χ4v) is 4.18. The Balaban J connectivity index is 2.24. The Labute approximate surface area is 131 Å². The van der Waals surface area contributed by atoms with Crippen LogP contribution in [0.3, 0.4) is 0 Å². The number of thiazole rings is 1. The average Bonchev–Trinajstić information content (AvgIpc) is 2.78. The van der Waals surface area contributed by atoms with E-state index in [9.17, 15) is 0 Å².